The number of pyridine rings is 1. The summed E-state index contributed by atoms with van der Waals surface area (Å²) in [5.74, 6) is -1.13. The van der Waals surface area contributed by atoms with Gasteiger partial charge >= 0.3 is 12.1 Å². The monoisotopic (exact) mass is 326 g/mol. The fourth-order valence-electron chi connectivity index (χ4n) is 2.18. The highest BCUT2D eigenvalue weighted by atomic mass is 32.1. The first kappa shape index (κ1) is 14.6. The van der Waals surface area contributed by atoms with Gasteiger partial charge in [0.1, 0.15) is 11.3 Å². The van der Waals surface area contributed by atoms with Crippen LogP contribution in [0.5, 0.6) is 0 Å². The first-order valence-electron chi connectivity index (χ1n) is 6.20. The van der Waals surface area contributed by atoms with Gasteiger partial charge in [-0.05, 0) is 23.6 Å². The van der Waals surface area contributed by atoms with E-state index in [-0.39, 0.29) is 11.3 Å². The van der Waals surface area contributed by atoms with Gasteiger partial charge in [-0.15, -0.1) is 11.3 Å². The normalized spacial score (nSPS) is 12.0. The molecule has 0 aromatic carbocycles. The van der Waals surface area contributed by atoms with Gasteiger partial charge in [0, 0.05) is 6.20 Å². The molecule has 0 radical (unpaired) electrons. The Balaban J connectivity index is 2.26. The molecule has 0 saturated carbocycles. The van der Waals surface area contributed by atoms with Crippen LogP contribution in [0.15, 0.2) is 35.8 Å². The maximum absolute atomic E-state index is 12.8. The van der Waals surface area contributed by atoms with Gasteiger partial charge in [-0.1, -0.05) is 6.07 Å². The Hall–Kier alpha value is -2.35. The molecule has 4 nitrogen and oxygen atoms in total. The van der Waals surface area contributed by atoms with Crippen LogP contribution in [0.2, 0.25) is 0 Å². The van der Waals surface area contributed by atoms with Crippen molar-refractivity contribution in [1.82, 2.24) is 9.38 Å². The minimum atomic E-state index is -4.50. The molecule has 3 rings (SSSR count). The standard InChI is InChI=1S/C14H9F3N2O2S/c15-14(16,17)8-3-4-11-18-13(10-2-1-5-22-10)9(6-12(20)21)19(11)7-8/h1-5,7H,6H2,(H,20,21). The summed E-state index contributed by atoms with van der Waals surface area (Å²) in [5, 5.41) is 10.8. The SMILES string of the molecule is O=C(O)Cc1c(-c2cccs2)nc2ccc(C(F)(F)F)cn12. The molecule has 3 aromatic heterocycles. The van der Waals surface area contributed by atoms with Crippen molar-refractivity contribution in [2.45, 2.75) is 12.6 Å². The van der Waals surface area contributed by atoms with E-state index in [0.29, 0.717) is 10.6 Å². The number of aromatic nitrogens is 2. The summed E-state index contributed by atoms with van der Waals surface area (Å²) >= 11 is 1.35. The van der Waals surface area contributed by atoms with Gasteiger partial charge in [-0.25, -0.2) is 4.98 Å². The summed E-state index contributed by atoms with van der Waals surface area (Å²) in [6.07, 6.45) is -4.02. The highest BCUT2D eigenvalue weighted by Crippen LogP contribution is 2.32. The zero-order chi connectivity index (χ0) is 15.9. The van der Waals surface area contributed by atoms with E-state index in [1.807, 2.05) is 0 Å². The van der Waals surface area contributed by atoms with E-state index in [4.69, 9.17) is 5.11 Å². The molecule has 0 atom stereocenters. The van der Waals surface area contributed by atoms with Gasteiger partial charge < -0.3 is 9.51 Å². The lowest BCUT2D eigenvalue weighted by molar-refractivity contribution is -0.138. The Morgan fingerprint density at radius 2 is 2.09 bits per heavy atom. The lowest BCUT2D eigenvalue weighted by Crippen LogP contribution is -2.09. The summed E-state index contributed by atoms with van der Waals surface area (Å²) in [7, 11) is 0. The lowest BCUT2D eigenvalue weighted by Gasteiger charge is -2.08. The number of hydrogen-bond acceptors (Lipinski definition) is 3. The average Bonchev–Trinajstić information content (AvgIpc) is 3.04. The number of carbonyl (C=O) groups is 1. The fourth-order valence-corrected chi connectivity index (χ4v) is 2.92. The molecule has 0 spiro atoms. The highest BCUT2D eigenvalue weighted by Gasteiger charge is 2.31. The second-order valence-electron chi connectivity index (χ2n) is 4.60. The second-order valence-corrected chi connectivity index (χ2v) is 5.55. The van der Waals surface area contributed by atoms with Crippen LogP contribution in [0.1, 0.15) is 11.3 Å². The number of nitrogens with zero attached hydrogens (tertiary/aromatic N) is 2. The summed E-state index contributed by atoms with van der Waals surface area (Å²) in [4.78, 5) is 16.0. The molecular formula is C14H9F3N2O2S. The number of halogens is 3. The van der Waals surface area contributed by atoms with Gasteiger partial charge in [0.2, 0.25) is 0 Å². The average molecular weight is 326 g/mol. The maximum atomic E-state index is 12.8. The van der Waals surface area contributed by atoms with Gasteiger partial charge in [0.25, 0.3) is 0 Å². The van der Waals surface area contributed by atoms with Crippen LogP contribution < -0.4 is 0 Å². The molecule has 114 valence electrons. The smallest absolute Gasteiger partial charge is 0.417 e. The van der Waals surface area contributed by atoms with E-state index in [2.05, 4.69) is 4.98 Å². The molecular weight excluding hydrogens is 317 g/mol. The fraction of sp³-hybridized carbons (Fsp3) is 0.143. The van der Waals surface area contributed by atoms with Crippen molar-refractivity contribution >= 4 is 23.0 Å². The molecule has 0 amide bonds. The van der Waals surface area contributed by atoms with Gasteiger partial charge in [-0.2, -0.15) is 13.2 Å². The third kappa shape index (κ3) is 2.57. The number of carboxylic acid groups (broad SMARTS) is 1. The first-order chi connectivity index (χ1) is 10.4. The lowest BCUT2D eigenvalue weighted by atomic mass is 10.2. The van der Waals surface area contributed by atoms with Crippen molar-refractivity contribution in [1.29, 1.82) is 0 Å². The van der Waals surface area contributed by atoms with E-state index in [0.717, 1.165) is 12.3 Å². The molecule has 0 aliphatic rings. The Kier molecular flexibility index (Phi) is 3.40. The van der Waals surface area contributed by atoms with Gasteiger partial charge in [0.15, 0.2) is 0 Å². The topological polar surface area (TPSA) is 54.6 Å². The molecule has 0 bridgehead atoms. The van der Waals surface area contributed by atoms with Crippen LogP contribution in [0.4, 0.5) is 13.2 Å². The molecule has 22 heavy (non-hydrogen) atoms. The maximum Gasteiger partial charge on any atom is 0.417 e. The van der Waals surface area contributed by atoms with E-state index in [1.54, 1.807) is 17.5 Å². The van der Waals surface area contributed by atoms with Crippen molar-refractivity contribution in [2.24, 2.45) is 0 Å². The summed E-state index contributed by atoms with van der Waals surface area (Å²) in [5.41, 5.74) is 0.0715. The summed E-state index contributed by atoms with van der Waals surface area (Å²) in [6, 6.07) is 5.70. The van der Waals surface area contributed by atoms with Crippen LogP contribution in [0, 0.1) is 0 Å². The van der Waals surface area contributed by atoms with Gasteiger partial charge in [-0.3, -0.25) is 4.79 Å². The molecule has 0 aliphatic heterocycles. The zero-order valence-electron chi connectivity index (χ0n) is 11.0. The molecule has 3 aromatic rings. The number of aliphatic carboxylic acids is 1. The number of thiophene rings is 1. The third-order valence-electron chi connectivity index (χ3n) is 3.12. The van der Waals surface area contributed by atoms with Crippen molar-refractivity contribution < 1.29 is 23.1 Å². The minimum Gasteiger partial charge on any atom is -0.481 e. The van der Waals surface area contributed by atoms with E-state index in [1.165, 1.54) is 21.8 Å². The summed E-state index contributed by atoms with van der Waals surface area (Å²) < 4.78 is 39.7. The third-order valence-corrected chi connectivity index (χ3v) is 3.99. The van der Waals surface area contributed by atoms with Crippen molar-refractivity contribution in [3.8, 4) is 10.6 Å². The molecule has 8 heteroatoms. The number of hydrogen-bond donors (Lipinski definition) is 1. The van der Waals surface area contributed by atoms with Crippen LogP contribution >= 0.6 is 11.3 Å². The molecule has 1 N–H and O–H groups in total. The van der Waals surface area contributed by atoms with E-state index < -0.39 is 24.1 Å². The molecule has 0 aliphatic carbocycles. The number of fused-ring (bicyclic) bond motifs is 1. The van der Waals surface area contributed by atoms with Crippen LogP contribution in [-0.4, -0.2) is 20.5 Å². The molecule has 3 heterocycles. The predicted molar refractivity (Wildman–Crippen MR) is 74.8 cm³/mol. The zero-order valence-corrected chi connectivity index (χ0v) is 11.8. The highest BCUT2D eigenvalue weighted by molar-refractivity contribution is 7.13. The number of rotatable bonds is 3. The minimum absolute atomic E-state index is 0.232. The van der Waals surface area contributed by atoms with Crippen LogP contribution in [-0.2, 0) is 17.4 Å². The quantitative estimate of drug-likeness (QED) is 0.798. The van der Waals surface area contributed by atoms with E-state index in [9.17, 15) is 18.0 Å². The van der Waals surface area contributed by atoms with Gasteiger partial charge in [0.05, 0.1) is 22.6 Å². The van der Waals surface area contributed by atoms with Crippen molar-refractivity contribution in [3.05, 3.63) is 47.1 Å². The second kappa shape index (κ2) is 5.13. The summed E-state index contributed by atoms with van der Waals surface area (Å²) in [6.45, 7) is 0. The number of imidazole rings is 1. The molecule has 0 saturated heterocycles. The first-order valence-corrected chi connectivity index (χ1v) is 7.08. The Morgan fingerprint density at radius 3 is 2.68 bits per heavy atom. The predicted octanol–water partition coefficient (Wildman–Crippen LogP) is 3.71. The Bertz CT molecular complexity index is 838. The molecule has 0 unspecified atom stereocenters. The number of carboxylic acids is 1. The van der Waals surface area contributed by atoms with Crippen molar-refractivity contribution in [3.63, 3.8) is 0 Å². The van der Waals surface area contributed by atoms with E-state index >= 15 is 0 Å². The molecule has 0 fully saturated rings. The number of alkyl halides is 3. The largest absolute Gasteiger partial charge is 0.481 e. The van der Waals surface area contributed by atoms with Crippen LogP contribution in [0.25, 0.3) is 16.2 Å². The van der Waals surface area contributed by atoms with Crippen LogP contribution in [0.3, 0.4) is 0 Å². The van der Waals surface area contributed by atoms with Crippen molar-refractivity contribution in [2.75, 3.05) is 0 Å². The Labute approximate surface area is 126 Å². The Morgan fingerprint density at radius 1 is 1.32 bits per heavy atom.